The molecule has 5 rings (SSSR count). The van der Waals surface area contributed by atoms with Gasteiger partial charge in [-0.05, 0) is 56.8 Å². The minimum atomic E-state index is -0.197. The van der Waals surface area contributed by atoms with E-state index >= 15 is 0 Å². The summed E-state index contributed by atoms with van der Waals surface area (Å²) in [5.74, 6) is 0.181. The van der Waals surface area contributed by atoms with Gasteiger partial charge in [0.15, 0.2) is 0 Å². The molecule has 3 fully saturated rings. The molecular weight excluding hydrogens is 386 g/mol. The van der Waals surface area contributed by atoms with Crippen LogP contribution in [0.2, 0.25) is 0 Å². The molecule has 0 unspecified atom stereocenters. The molecule has 1 aromatic heterocycles. The molecule has 0 radical (unpaired) electrons. The smallest absolute Gasteiger partial charge is 0.264 e. The molecule has 148 valence electrons. The van der Waals surface area contributed by atoms with Crippen molar-refractivity contribution in [3.05, 3.63) is 21.4 Å². The first-order valence-electron chi connectivity index (χ1n) is 9.73. The third kappa shape index (κ3) is 3.18. The van der Waals surface area contributed by atoms with Gasteiger partial charge in [0, 0.05) is 29.9 Å². The average Bonchev–Trinajstić information content (AvgIpc) is 3.20. The molecule has 8 heteroatoms. The van der Waals surface area contributed by atoms with Crippen molar-refractivity contribution in [1.29, 1.82) is 0 Å². The zero-order valence-corrected chi connectivity index (χ0v) is 16.9. The predicted molar refractivity (Wildman–Crippen MR) is 106 cm³/mol. The number of piperidine rings is 1. The Hall–Kier alpha value is -1.15. The van der Waals surface area contributed by atoms with E-state index in [0.29, 0.717) is 13.0 Å². The molecule has 4 aliphatic rings. The predicted octanol–water partition coefficient (Wildman–Crippen LogP) is 1.81. The van der Waals surface area contributed by atoms with Gasteiger partial charge in [0.2, 0.25) is 5.91 Å². The number of carbonyl (C=O) groups excluding carboxylic acids is 2. The Kier molecular flexibility index (Phi) is 5.22. The zero-order valence-electron chi connectivity index (χ0n) is 15.3. The van der Waals surface area contributed by atoms with Gasteiger partial charge in [0.1, 0.15) is 5.60 Å². The lowest BCUT2D eigenvalue weighted by Crippen LogP contribution is -2.44. The molecule has 0 aromatic carbocycles. The summed E-state index contributed by atoms with van der Waals surface area (Å²) in [4.78, 5) is 29.3. The molecule has 2 amide bonds. The number of hydrogen-bond acceptors (Lipinski definition) is 5. The molecule has 2 bridgehead atoms. The van der Waals surface area contributed by atoms with Gasteiger partial charge in [-0.25, -0.2) is 0 Å². The fraction of sp³-hybridized carbons (Fsp3) is 0.684. The summed E-state index contributed by atoms with van der Waals surface area (Å²) in [6, 6.07) is 2.30. The van der Waals surface area contributed by atoms with Gasteiger partial charge in [0.05, 0.1) is 11.5 Å². The van der Waals surface area contributed by atoms with Gasteiger partial charge in [-0.15, -0.1) is 23.7 Å². The average molecular weight is 412 g/mol. The lowest BCUT2D eigenvalue weighted by atomic mass is 9.86. The van der Waals surface area contributed by atoms with Crippen molar-refractivity contribution in [2.24, 2.45) is 0 Å². The van der Waals surface area contributed by atoms with Gasteiger partial charge in [0.25, 0.3) is 5.91 Å². The van der Waals surface area contributed by atoms with Crippen molar-refractivity contribution < 1.29 is 14.3 Å². The number of thiophene rings is 1. The van der Waals surface area contributed by atoms with E-state index in [1.165, 1.54) is 10.4 Å². The van der Waals surface area contributed by atoms with Crippen LogP contribution in [-0.2, 0) is 21.6 Å². The van der Waals surface area contributed by atoms with E-state index in [1.54, 1.807) is 11.3 Å². The Morgan fingerprint density at radius 2 is 2.04 bits per heavy atom. The number of amides is 2. The molecular formula is C19H26ClN3O3S. The van der Waals surface area contributed by atoms with E-state index in [2.05, 4.69) is 16.7 Å². The van der Waals surface area contributed by atoms with Crippen LogP contribution < -0.4 is 10.6 Å². The fourth-order valence-electron chi connectivity index (χ4n) is 5.07. The number of ether oxygens (including phenoxy) is 1. The maximum absolute atomic E-state index is 13.4. The molecule has 1 aromatic rings. The molecule has 2 atom stereocenters. The standard InChI is InChI=1S/C19H25N3O3S.ClH/c23-16-10-13-1-2-14(11-21-16)22(13)18(24)15-9-12-3-8-25-19(17(12)26-15)4-6-20-7-5-19;/h9,13-14,20H,1-8,10-11H2,(H,21,23);1H/t13-,14+;/m1./s1. The molecule has 0 aliphatic carbocycles. The van der Waals surface area contributed by atoms with E-state index in [0.717, 1.165) is 56.7 Å². The quantitative estimate of drug-likeness (QED) is 0.739. The summed E-state index contributed by atoms with van der Waals surface area (Å²) < 4.78 is 6.25. The van der Waals surface area contributed by atoms with Gasteiger partial charge >= 0.3 is 0 Å². The minimum absolute atomic E-state index is 0. The van der Waals surface area contributed by atoms with Crippen LogP contribution in [0.25, 0.3) is 0 Å². The van der Waals surface area contributed by atoms with Gasteiger partial charge in [-0.1, -0.05) is 0 Å². The van der Waals surface area contributed by atoms with E-state index in [4.69, 9.17) is 4.74 Å². The van der Waals surface area contributed by atoms with Crippen LogP contribution in [-0.4, -0.2) is 55.0 Å². The summed E-state index contributed by atoms with van der Waals surface area (Å²) in [5.41, 5.74) is 1.10. The first-order chi connectivity index (χ1) is 12.7. The number of fused-ring (bicyclic) bond motifs is 4. The maximum atomic E-state index is 13.4. The summed E-state index contributed by atoms with van der Waals surface area (Å²) in [7, 11) is 0. The number of hydrogen-bond donors (Lipinski definition) is 2. The molecule has 6 nitrogen and oxygen atoms in total. The number of rotatable bonds is 1. The Bertz CT molecular complexity index is 747. The van der Waals surface area contributed by atoms with Crippen molar-refractivity contribution in [2.75, 3.05) is 26.2 Å². The van der Waals surface area contributed by atoms with Crippen LogP contribution in [0.15, 0.2) is 6.07 Å². The summed E-state index contributed by atoms with van der Waals surface area (Å²) in [5, 5.41) is 6.36. The molecule has 0 saturated carbocycles. The second kappa shape index (κ2) is 7.35. The molecule has 2 N–H and O–H groups in total. The zero-order chi connectivity index (χ0) is 17.7. The highest BCUT2D eigenvalue weighted by Gasteiger charge is 2.44. The highest BCUT2D eigenvalue weighted by molar-refractivity contribution is 7.14. The van der Waals surface area contributed by atoms with Gasteiger partial charge < -0.3 is 20.3 Å². The SMILES string of the molecule is Cl.O=C1C[C@H]2CC[C@@H](CN1)N2C(=O)c1cc2c(s1)C1(CCNCC1)OCC2. The maximum Gasteiger partial charge on any atom is 0.264 e. The largest absolute Gasteiger partial charge is 0.369 e. The van der Waals surface area contributed by atoms with E-state index in [9.17, 15) is 9.59 Å². The minimum Gasteiger partial charge on any atom is -0.369 e. The van der Waals surface area contributed by atoms with E-state index < -0.39 is 0 Å². The van der Waals surface area contributed by atoms with Crippen molar-refractivity contribution in [3.8, 4) is 0 Å². The van der Waals surface area contributed by atoms with E-state index in [1.807, 2.05) is 4.90 Å². The second-order valence-corrected chi connectivity index (χ2v) is 8.97. The number of nitrogens with one attached hydrogen (secondary N) is 2. The molecule has 5 heterocycles. The molecule has 27 heavy (non-hydrogen) atoms. The van der Waals surface area contributed by atoms with Crippen LogP contribution in [0, 0.1) is 0 Å². The van der Waals surface area contributed by atoms with Crippen LogP contribution in [0.4, 0.5) is 0 Å². The van der Waals surface area contributed by atoms with E-state index in [-0.39, 0.29) is 41.9 Å². The Morgan fingerprint density at radius 3 is 2.85 bits per heavy atom. The molecule has 1 spiro atoms. The number of carbonyl (C=O) groups is 2. The van der Waals surface area contributed by atoms with Crippen LogP contribution in [0.1, 0.15) is 52.2 Å². The van der Waals surface area contributed by atoms with Crippen molar-refractivity contribution in [2.45, 2.75) is 56.2 Å². The van der Waals surface area contributed by atoms with Crippen molar-refractivity contribution in [1.82, 2.24) is 15.5 Å². The van der Waals surface area contributed by atoms with Crippen LogP contribution in [0.5, 0.6) is 0 Å². The Morgan fingerprint density at radius 1 is 1.26 bits per heavy atom. The van der Waals surface area contributed by atoms with Crippen LogP contribution >= 0.6 is 23.7 Å². The molecule has 3 saturated heterocycles. The van der Waals surface area contributed by atoms with Gasteiger partial charge in [-0.3, -0.25) is 9.59 Å². The lowest BCUT2D eigenvalue weighted by molar-refractivity contribution is -0.121. The summed E-state index contributed by atoms with van der Waals surface area (Å²) in [6.07, 6.45) is 5.20. The van der Waals surface area contributed by atoms with Gasteiger partial charge in [-0.2, -0.15) is 0 Å². The topological polar surface area (TPSA) is 70.7 Å². The third-order valence-corrected chi connectivity index (χ3v) is 7.76. The first kappa shape index (κ1) is 19.2. The summed E-state index contributed by atoms with van der Waals surface area (Å²) in [6.45, 7) is 3.25. The first-order valence-corrected chi connectivity index (χ1v) is 10.6. The highest BCUT2D eigenvalue weighted by Crippen LogP contribution is 2.45. The monoisotopic (exact) mass is 411 g/mol. The van der Waals surface area contributed by atoms with Crippen molar-refractivity contribution >= 4 is 35.6 Å². The fourth-order valence-corrected chi connectivity index (χ4v) is 6.42. The van der Waals surface area contributed by atoms with Crippen LogP contribution in [0.3, 0.4) is 0 Å². The number of halogens is 1. The lowest BCUT2D eigenvalue weighted by Gasteiger charge is -2.40. The Balaban J connectivity index is 0.00000180. The second-order valence-electron chi connectivity index (χ2n) is 7.91. The van der Waals surface area contributed by atoms with Crippen molar-refractivity contribution in [3.63, 3.8) is 0 Å². The normalized spacial score (nSPS) is 28.9. The molecule has 4 aliphatic heterocycles. The number of nitrogens with zero attached hydrogens (tertiary/aromatic N) is 1. The summed E-state index contributed by atoms with van der Waals surface area (Å²) >= 11 is 1.63. The third-order valence-electron chi connectivity index (χ3n) is 6.40. The Labute approximate surface area is 169 Å². The highest BCUT2D eigenvalue weighted by atomic mass is 35.5.